The van der Waals surface area contributed by atoms with Crippen LogP contribution in [0.15, 0.2) is 76.6 Å². The number of benzene rings is 2. The maximum atomic E-state index is 14.2. The second kappa shape index (κ2) is 19.2. The first kappa shape index (κ1) is 45.6. The average molecular weight is 858 g/mol. The van der Waals surface area contributed by atoms with Gasteiger partial charge >= 0.3 is 23.9 Å². The summed E-state index contributed by atoms with van der Waals surface area (Å²) in [4.78, 5) is 96.8. The van der Waals surface area contributed by atoms with E-state index in [1.54, 1.807) is 30.5 Å². The number of aliphatic hydroxyl groups excluding tert-OH is 1. The summed E-state index contributed by atoms with van der Waals surface area (Å²) in [6, 6.07) is 3.83. The van der Waals surface area contributed by atoms with E-state index < -0.39 is 108 Å². The molecular formula is C39H46F3N9O10. The van der Waals surface area contributed by atoms with Gasteiger partial charge in [0.1, 0.15) is 24.2 Å². The molecule has 8 atom stereocenters. The van der Waals surface area contributed by atoms with Crippen LogP contribution in [0.4, 0.5) is 18.0 Å². The van der Waals surface area contributed by atoms with Crippen molar-refractivity contribution in [1.29, 1.82) is 0 Å². The number of hydrogen-bond acceptors (Lipinski definition) is 10. The topological polar surface area (TPSA) is 283 Å². The fourth-order valence-electron chi connectivity index (χ4n) is 6.82. The lowest BCUT2D eigenvalue weighted by molar-refractivity contribution is -0.139. The first-order valence-electron chi connectivity index (χ1n) is 19.0. The number of aliphatic carboxylic acids is 1. The number of amides is 5. The van der Waals surface area contributed by atoms with Crippen LogP contribution in [-0.4, -0.2) is 115 Å². The average Bonchev–Trinajstić information content (AvgIpc) is 3.79. The number of para-hydroxylation sites is 1. The number of urea groups is 1. The summed E-state index contributed by atoms with van der Waals surface area (Å²) < 4.78 is 46.9. The molecule has 0 unspecified atom stereocenters. The quantitative estimate of drug-likeness (QED) is 0.0728. The van der Waals surface area contributed by atoms with Gasteiger partial charge in [-0.25, -0.2) is 14.4 Å². The van der Waals surface area contributed by atoms with Crippen molar-refractivity contribution in [2.45, 2.75) is 87.9 Å². The summed E-state index contributed by atoms with van der Waals surface area (Å²) in [5.74, 6) is -3.95. The molecular weight excluding hydrogens is 811 g/mol. The second-order valence-corrected chi connectivity index (χ2v) is 14.7. The number of nitrogens with zero attached hydrogens (tertiary/aromatic N) is 2. The van der Waals surface area contributed by atoms with Gasteiger partial charge in [-0.05, 0) is 43.2 Å². The van der Waals surface area contributed by atoms with Crippen LogP contribution in [0.3, 0.4) is 0 Å². The van der Waals surface area contributed by atoms with Crippen molar-refractivity contribution in [3.63, 3.8) is 0 Å². The van der Waals surface area contributed by atoms with Crippen LogP contribution in [0.2, 0.25) is 0 Å². The molecule has 10 N–H and O–H groups in total. The van der Waals surface area contributed by atoms with Crippen molar-refractivity contribution in [3.05, 3.63) is 105 Å². The van der Waals surface area contributed by atoms with Crippen molar-refractivity contribution < 1.29 is 52.1 Å². The highest BCUT2D eigenvalue weighted by molar-refractivity contribution is 5.94. The van der Waals surface area contributed by atoms with Crippen LogP contribution >= 0.6 is 0 Å². The smallest absolute Gasteiger partial charge is 0.416 e. The van der Waals surface area contributed by atoms with Gasteiger partial charge in [0.05, 0.1) is 23.8 Å². The van der Waals surface area contributed by atoms with Crippen LogP contribution in [0.1, 0.15) is 43.2 Å². The summed E-state index contributed by atoms with van der Waals surface area (Å²) in [5.41, 5.74) is 4.75. The van der Waals surface area contributed by atoms with E-state index in [2.05, 4.69) is 31.2 Å². The highest BCUT2D eigenvalue weighted by Crippen LogP contribution is 2.30. The molecule has 0 saturated carbocycles. The van der Waals surface area contributed by atoms with E-state index >= 15 is 0 Å². The van der Waals surface area contributed by atoms with Gasteiger partial charge in [-0.1, -0.05) is 30.3 Å². The van der Waals surface area contributed by atoms with E-state index in [4.69, 9.17) is 10.5 Å². The van der Waals surface area contributed by atoms with Gasteiger partial charge in [0.15, 0.2) is 6.23 Å². The third-order valence-corrected chi connectivity index (χ3v) is 10.3. The molecule has 0 radical (unpaired) electrons. The Morgan fingerprint density at radius 1 is 0.967 bits per heavy atom. The number of ether oxygens (including phenoxy) is 1. The highest BCUT2D eigenvalue weighted by Gasteiger charge is 2.39. The molecule has 1 aliphatic rings. The fourth-order valence-corrected chi connectivity index (χ4v) is 6.82. The number of nitrogens with two attached hydrogens (primary N) is 1. The Labute approximate surface area is 344 Å². The molecule has 4 aromatic rings. The minimum Gasteiger partial charge on any atom is -0.480 e. The highest BCUT2D eigenvalue weighted by atomic mass is 19.4. The first-order valence-corrected chi connectivity index (χ1v) is 19.0. The minimum absolute atomic E-state index is 0.0714. The van der Waals surface area contributed by atoms with Crippen LogP contribution in [-0.2, 0) is 42.9 Å². The number of carbonyl (C=O) groups is 5. The Hall–Kier alpha value is -6.52. The molecule has 1 fully saturated rings. The summed E-state index contributed by atoms with van der Waals surface area (Å²) >= 11 is 0. The van der Waals surface area contributed by atoms with Crippen LogP contribution in [0.5, 0.6) is 0 Å². The Morgan fingerprint density at radius 2 is 1.64 bits per heavy atom. The second-order valence-electron chi connectivity index (χ2n) is 14.7. The number of nitrogens with one attached hydrogen (secondary N) is 6. The SMILES string of the molecule is C[C@@H](N)C(=O)N(C)[C@@H](C)[C@H](NC(=O)[C@@H](Cc1ccc(C(F)(F)F)cc1)NC(=O)N[C@@H](Cc1c[nH]c2ccccc12)C(=O)O)C(=O)NC[C@H]1C[C@@H](O)[C@H](n2ccc(=O)[nH]c2=O)O1. The predicted octanol–water partition coefficient (Wildman–Crippen LogP) is 0.0866. The van der Waals surface area contributed by atoms with Crippen LogP contribution in [0, 0.1) is 0 Å². The molecule has 0 spiro atoms. The fraction of sp³-hybridized carbons (Fsp3) is 0.410. The van der Waals surface area contributed by atoms with Gasteiger partial charge in [-0.3, -0.25) is 28.7 Å². The largest absolute Gasteiger partial charge is 0.480 e. The molecule has 3 heterocycles. The molecule has 5 amide bonds. The predicted molar refractivity (Wildman–Crippen MR) is 211 cm³/mol. The molecule has 5 rings (SSSR count). The van der Waals surface area contributed by atoms with Gasteiger partial charge in [0, 0.05) is 62.2 Å². The van der Waals surface area contributed by atoms with Gasteiger partial charge in [0.25, 0.3) is 5.56 Å². The number of aliphatic hydroxyl groups is 1. The third-order valence-electron chi connectivity index (χ3n) is 10.3. The molecule has 61 heavy (non-hydrogen) atoms. The van der Waals surface area contributed by atoms with E-state index in [0.717, 1.165) is 51.5 Å². The van der Waals surface area contributed by atoms with Crippen molar-refractivity contribution >= 4 is 40.6 Å². The van der Waals surface area contributed by atoms with Crippen molar-refractivity contribution in [2.24, 2.45) is 5.73 Å². The van der Waals surface area contributed by atoms with Crippen molar-refractivity contribution in [2.75, 3.05) is 13.6 Å². The summed E-state index contributed by atoms with van der Waals surface area (Å²) in [6.07, 6.45) is -5.97. The zero-order valence-corrected chi connectivity index (χ0v) is 33.1. The van der Waals surface area contributed by atoms with E-state index in [1.165, 1.54) is 20.9 Å². The van der Waals surface area contributed by atoms with Gasteiger partial charge in [-0.15, -0.1) is 0 Å². The van der Waals surface area contributed by atoms with Crippen LogP contribution < -0.4 is 38.2 Å². The van der Waals surface area contributed by atoms with Crippen LogP contribution in [0.25, 0.3) is 10.9 Å². The zero-order valence-electron chi connectivity index (χ0n) is 33.1. The Balaban J connectivity index is 1.37. The summed E-state index contributed by atoms with van der Waals surface area (Å²) in [5, 5.41) is 31.2. The van der Waals surface area contributed by atoms with Gasteiger partial charge < -0.3 is 51.8 Å². The normalized spacial score (nSPS) is 18.9. The van der Waals surface area contributed by atoms with Gasteiger partial charge in [-0.2, -0.15) is 13.2 Å². The lowest BCUT2D eigenvalue weighted by Crippen LogP contribution is -2.63. The number of carboxylic acid groups (broad SMARTS) is 1. The molecule has 0 bridgehead atoms. The number of H-pyrrole nitrogens is 2. The molecule has 2 aromatic carbocycles. The molecule has 19 nitrogen and oxygen atoms in total. The number of likely N-dealkylation sites (N-methyl/N-ethyl adjacent to an activating group) is 1. The van der Waals surface area contributed by atoms with E-state index in [9.17, 15) is 56.9 Å². The molecule has 328 valence electrons. The van der Waals surface area contributed by atoms with Gasteiger partial charge in [0.2, 0.25) is 17.7 Å². The first-order chi connectivity index (χ1) is 28.7. The Morgan fingerprint density at radius 3 is 2.28 bits per heavy atom. The lowest BCUT2D eigenvalue weighted by atomic mass is 10.0. The molecule has 1 aliphatic heterocycles. The minimum atomic E-state index is -4.67. The number of carboxylic acids is 1. The lowest BCUT2D eigenvalue weighted by Gasteiger charge is -2.34. The number of aromatic amines is 2. The number of alkyl halides is 3. The zero-order chi connectivity index (χ0) is 44.8. The number of hydrogen-bond donors (Lipinski definition) is 9. The Kier molecular flexibility index (Phi) is 14.4. The maximum Gasteiger partial charge on any atom is 0.416 e. The molecule has 2 aromatic heterocycles. The molecule has 22 heteroatoms. The maximum absolute atomic E-state index is 14.2. The standard InChI is InChI=1S/C39H46F3N9O10/c1-19(43)34(56)50(3)20(2)31(33(55)45-18-24-16-29(52)35(61-24)51-13-12-30(53)48-38(51)60)49-32(54)27(14-21-8-10-23(11-9-21)39(40,41)42)46-37(59)47-28(36(57)58)15-22-17-44-26-7-5-4-6-25(22)26/h4-13,17,19-20,24,27-29,31,35,44,52H,14-16,18,43H2,1-3H3,(H,45,55)(H,49,54)(H,57,58)(H2,46,47,59)(H,48,53,60)/t19-,20+,24-,27-,28+,29-,31+,35-/m1/s1. The molecule has 1 saturated heterocycles. The van der Waals surface area contributed by atoms with Crippen molar-refractivity contribution in [3.8, 4) is 0 Å². The van der Waals surface area contributed by atoms with E-state index in [1.807, 2.05) is 0 Å². The van der Waals surface area contributed by atoms with E-state index in [-0.39, 0.29) is 24.9 Å². The number of halogens is 3. The number of rotatable bonds is 16. The number of aromatic nitrogens is 3. The summed E-state index contributed by atoms with van der Waals surface area (Å²) in [6.45, 7) is 2.54. The Bertz CT molecular complexity index is 2350. The molecule has 0 aliphatic carbocycles. The third kappa shape index (κ3) is 11.4. The van der Waals surface area contributed by atoms with Crippen molar-refractivity contribution in [1.82, 2.24) is 40.7 Å². The number of carbonyl (C=O) groups excluding carboxylic acids is 4. The summed E-state index contributed by atoms with van der Waals surface area (Å²) in [7, 11) is 1.33. The number of fused-ring (bicyclic) bond motifs is 1. The van der Waals surface area contributed by atoms with E-state index in [0.29, 0.717) is 10.9 Å². The monoisotopic (exact) mass is 857 g/mol.